The molecule has 4 rings (SSSR count). The van der Waals surface area contributed by atoms with Crippen molar-refractivity contribution in [2.45, 2.75) is 12.8 Å². The van der Waals surface area contributed by atoms with Crippen LogP contribution in [-0.4, -0.2) is 27.2 Å². The van der Waals surface area contributed by atoms with Crippen molar-refractivity contribution in [2.75, 3.05) is 6.54 Å². The van der Waals surface area contributed by atoms with Crippen LogP contribution >= 0.6 is 0 Å². The number of pyridine rings is 1. The van der Waals surface area contributed by atoms with E-state index in [0.717, 1.165) is 12.8 Å². The van der Waals surface area contributed by atoms with Crippen molar-refractivity contribution in [3.8, 4) is 11.3 Å². The monoisotopic (exact) mass is 388 g/mol. The number of carbonyl (C=O) groups excluding carboxylic acids is 1. The fourth-order valence-electron chi connectivity index (χ4n) is 3.34. The second-order valence-corrected chi connectivity index (χ2v) is 6.89. The summed E-state index contributed by atoms with van der Waals surface area (Å²) in [5, 5.41) is 7.83. The van der Waals surface area contributed by atoms with E-state index < -0.39 is 0 Å². The van der Waals surface area contributed by atoms with Crippen LogP contribution in [0.25, 0.3) is 22.3 Å². The average Bonchev–Trinajstić information content (AvgIpc) is 3.12. The van der Waals surface area contributed by atoms with Gasteiger partial charge in [0, 0.05) is 19.2 Å². The van der Waals surface area contributed by atoms with Gasteiger partial charge < -0.3 is 5.32 Å². The molecule has 0 saturated heterocycles. The molecule has 0 aliphatic rings. The minimum atomic E-state index is -0.379. The Kier molecular flexibility index (Phi) is 5.33. The third-order valence-electron chi connectivity index (χ3n) is 4.87. The van der Waals surface area contributed by atoms with E-state index in [9.17, 15) is 9.18 Å². The Morgan fingerprint density at radius 2 is 1.86 bits per heavy atom. The van der Waals surface area contributed by atoms with Crippen LogP contribution < -0.4 is 5.32 Å². The van der Waals surface area contributed by atoms with Crippen molar-refractivity contribution >= 4 is 16.9 Å². The van der Waals surface area contributed by atoms with Crippen LogP contribution in [0.3, 0.4) is 0 Å². The summed E-state index contributed by atoms with van der Waals surface area (Å²) in [6.07, 6.45) is 3.34. The van der Waals surface area contributed by atoms with Gasteiger partial charge in [0.15, 0.2) is 5.65 Å². The number of aryl methyl sites for hydroxylation is 2. The number of hydrogen-bond donors (Lipinski definition) is 1. The Morgan fingerprint density at radius 1 is 1.10 bits per heavy atom. The number of fused-ring (bicyclic) bond motifs is 1. The Bertz CT molecular complexity index is 1150. The molecule has 0 fully saturated rings. The zero-order chi connectivity index (χ0) is 20.2. The van der Waals surface area contributed by atoms with E-state index in [-0.39, 0.29) is 11.7 Å². The summed E-state index contributed by atoms with van der Waals surface area (Å²) in [6.45, 7) is 0.548. The molecule has 5 nitrogen and oxygen atoms in total. The number of aromatic nitrogens is 3. The largest absolute Gasteiger partial charge is 0.352 e. The second kappa shape index (κ2) is 8.22. The van der Waals surface area contributed by atoms with E-state index in [0.29, 0.717) is 34.4 Å². The molecule has 1 amide bonds. The lowest BCUT2D eigenvalue weighted by atomic mass is 10.1. The van der Waals surface area contributed by atoms with Gasteiger partial charge in [0.1, 0.15) is 5.82 Å². The molecule has 0 atom stereocenters. The number of amides is 1. The standard InChI is InChI=1S/C23H21FN4O/c1-28-22-19(15-26-28)18(14-21(27-22)17-11-5-6-12-20(17)24)23(29)25-13-7-10-16-8-3-2-4-9-16/h2-6,8-9,11-12,14-15H,7,10,13H2,1H3,(H,25,29). The first kappa shape index (κ1) is 18.8. The Hall–Kier alpha value is -3.54. The maximum Gasteiger partial charge on any atom is 0.252 e. The van der Waals surface area contributed by atoms with Crippen LogP contribution in [0.5, 0.6) is 0 Å². The number of carbonyl (C=O) groups is 1. The molecular formula is C23H21FN4O. The van der Waals surface area contributed by atoms with Crippen LogP contribution in [0.15, 0.2) is 66.9 Å². The van der Waals surface area contributed by atoms with Crippen molar-refractivity contribution in [1.82, 2.24) is 20.1 Å². The lowest BCUT2D eigenvalue weighted by Gasteiger charge is -2.09. The second-order valence-electron chi connectivity index (χ2n) is 6.89. The zero-order valence-electron chi connectivity index (χ0n) is 16.1. The highest BCUT2D eigenvalue weighted by Gasteiger charge is 2.17. The van der Waals surface area contributed by atoms with Gasteiger partial charge in [-0.1, -0.05) is 42.5 Å². The Balaban J connectivity index is 1.57. The summed E-state index contributed by atoms with van der Waals surface area (Å²) in [5.41, 5.74) is 2.99. The van der Waals surface area contributed by atoms with Gasteiger partial charge >= 0.3 is 0 Å². The van der Waals surface area contributed by atoms with Gasteiger partial charge in [0.2, 0.25) is 0 Å². The van der Waals surface area contributed by atoms with E-state index >= 15 is 0 Å². The van der Waals surface area contributed by atoms with Crippen molar-refractivity contribution in [3.63, 3.8) is 0 Å². The van der Waals surface area contributed by atoms with Crippen molar-refractivity contribution in [3.05, 3.63) is 83.8 Å². The molecule has 0 spiro atoms. The van der Waals surface area contributed by atoms with Crippen LogP contribution in [0.1, 0.15) is 22.3 Å². The fourth-order valence-corrected chi connectivity index (χ4v) is 3.34. The SMILES string of the molecule is Cn1ncc2c(C(=O)NCCCc3ccccc3)cc(-c3ccccc3F)nc21. The summed E-state index contributed by atoms with van der Waals surface area (Å²) in [4.78, 5) is 17.4. The van der Waals surface area contributed by atoms with Gasteiger partial charge in [0.25, 0.3) is 5.91 Å². The van der Waals surface area contributed by atoms with E-state index in [1.54, 1.807) is 42.2 Å². The number of rotatable bonds is 6. The molecule has 0 saturated carbocycles. The highest BCUT2D eigenvalue weighted by atomic mass is 19.1. The molecule has 1 N–H and O–H groups in total. The molecule has 0 aliphatic carbocycles. The summed E-state index contributed by atoms with van der Waals surface area (Å²) in [7, 11) is 1.75. The van der Waals surface area contributed by atoms with Gasteiger partial charge in [-0.2, -0.15) is 5.10 Å². The minimum absolute atomic E-state index is 0.212. The van der Waals surface area contributed by atoms with E-state index in [1.807, 2.05) is 18.2 Å². The molecule has 2 heterocycles. The highest BCUT2D eigenvalue weighted by molar-refractivity contribution is 6.06. The topological polar surface area (TPSA) is 59.8 Å². The predicted octanol–water partition coefficient (Wildman–Crippen LogP) is 4.14. The first-order valence-corrected chi connectivity index (χ1v) is 9.53. The van der Waals surface area contributed by atoms with Gasteiger partial charge in [-0.15, -0.1) is 0 Å². The molecule has 0 radical (unpaired) electrons. The molecule has 4 aromatic rings. The molecule has 29 heavy (non-hydrogen) atoms. The molecule has 0 unspecified atom stereocenters. The average molecular weight is 388 g/mol. The first-order chi connectivity index (χ1) is 14.1. The van der Waals surface area contributed by atoms with E-state index in [4.69, 9.17) is 0 Å². The highest BCUT2D eigenvalue weighted by Crippen LogP contribution is 2.26. The molecule has 0 aliphatic heterocycles. The van der Waals surface area contributed by atoms with Gasteiger partial charge in [0.05, 0.1) is 22.8 Å². The van der Waals surface area contributed by atoms with Crippen LogP contribution in [0.2, 0.25) is 0 Å². The normalized spacial score (nSPS) is 11.0. The minimum Gasteiger partial charge on any atom is -0.352 e. The van der Waals surface area contributed by atoms with Crippen molar-refractivity contribution in [2.24, 2.45) is 7.05 Å². The Morgan fingerprint density at radius 3 is 2.66 bits per heavy atom. The van der Waals surface area contributed by atoms with Gasteiger partial charge in [-0.3, -0.25) is 9.48 Å². The number of halogens is 1. The molecule has 6 heteroatoms. The molecule has 2 aromatic carbocycles. The van der Waals surface area contributed by atoms with Crippen LogP contribution in [0.4, 0.5) is 4.39 Å². The summed E-state index contributed by atoms with van der Waals surface area (Å²) >= 11 is 0. The first-order valence-electron chi connectivity index (χ1n) is 9.53. The maximum absolute atomic E-state index is 14.3. The summed E-state index contributed by atoms with van der Waals surface area (Å²) < 4.78 is 15.9. The molecular weight excluding hydrogens is 367 g/mol. The summed E-state index contributed by atoms with van der Waals surface area (Å²) in [6, 6.07) is 18.2. The Labute approximate surface area is 168 Å². The lowest BCUT2D eigenvalue weighted by Crippen LogP contribution is -2.25. The zero-order valence-corrected chi connectivity index (χ0v) is 16.1. The molecule has 2 aromatic heterocycles. The lowest BCUT2D eigenvalue weighted by molar-refractivity contribution is 0.0955. The fraction of sp³-hybridized carbons (Fsp3) is 0.174. The van der Waals surface area contributed by atoms with Crippen LogP contribution in [-0.2, 0) is 13.5 Å². The third kappa shape index (κ3) is 4.01. The molecule has 146 valence electrons. The number of hydrogen-bond acceptors (Lipinski definition) is 3. The summed E-state index contributed by atoms with van der Waals surface area (Å²) in [5.74, 6) is -0.591. The van der Waals surface area contributed by atoms with Crippen molar-refractivity contribution in [1.29, 1.82) is 0 Å². The molecule has 0 bridgehead atoms. The van der Waals surface area contributed by atoms with Crippen molar-refractivity contribution < 1.29 is 9.18 Å². The van der Waals surface area contributed by atoms with E-state index in [2.05, 4.69) is 27.5 Å². The van der Waals surface area contributed by atoms with Gasteiger partial charge in [-0.25, -0.2) is 9.37 Å². The van der Waals surface area contributed by atoms with Crippen LogP contribution in [0, 0.1) is 5.82 Å². The third-order valence-corrected chi connectivity index (χ3v) is 4.87. The number of benzene rings is 2. The smallest absolute Gasteiger partial charge is 0.252 e. The number of nitrogens with zero attached hydrogens (tertiary/aromatic N) is 3. The quantitative estimate of drug-likeness (QED) is 0.505. The van der Waals surface area contributed by atoms with E-state index in [1.165, 1.54) is 11.6 Å². The predicted molar refractivity (Wildman–Crippen MR) is 111 cm³/mol. The maximum atomic E-state index is 14.3. The van der Waals surface area contributed by atoms with Gasteiger partial charge in [-0.05, 0) is 36.6 Å². The number of nitrogens with one attached hydrogen (secondary N) is 1.